The van der Waals surface area contributed by atoms with E-state index in [9.17, 15) is 8.42 Å². The molecule has 0 fully saturated rings. The molecule has 0 aliphatic carbocycles. The van der Waals surface area contributed by atoms with Gasteiger partial charge in [-0.1, -0.05) is 62.4 Å². The van der Waals surface area contributed by atoms with Crippen LogP contribution in [0, 0.1) is 5.92 Å². The highest BCUT2D eigenvalue weighted by molar-refractivity contribution is 7.91. The Morgan fingerprint density at radius 3 is 2.30 bits per heavy atom. The fraction of sp³-hybridized carbons (Fsp3) is 0.368. The summed E-state index contributed by atoms with van der Waals surface area (Å²) in [7, 11) is -3.33. The van der Waals surface area contributed by atoms with Crippen LogP contribution < -0.4 is 5.32 Å². The van der Waals surface area contributed by atoms with Crippen molar-refractivity contribution in [2.45, 2.75) is 37.2 Å². The summed E-state index contributed by atoms with van der Waals surface area (Å²) in [5.41, 5.74) is 1.44. The quantitative estimate of drug-likeness (QED) is 0.916. The third-order valence-electron chi connectivity index (χ3n) is 4.94. The number of nitrogens with one attached hydrogen (secondary N) is 1. The highest BCUT2D eigenvalue weighted by Crippen LogP contribution is 2.37. The topological polar surface area (TPSA) is 46.2 Å². The van der Waals surface area contributed by atoms with Gasteiger partial charge in [0.05, 0.1) is 16.7 Å². The Morgan fingerprint density at radius 2 is 1.65 bits per heavy atom. The zero-order valence-corrected chi connectivity index (χ0v) is 14.6. The van der Waals surface area contributed by atoms with E-state index in [1.165, 1.54) is 0 Å². The molecule has 1 aliphatic rings. The molecule has 0 spiro atoms. The zero-order valence-electron chi connectivity index (χ0n) is 13.8. The van der Waals surface area contributed by atoms with Crippen molar-refractivity contribution in [3.8, 4) is 0 Å². The standard InChI is InChI=1S/C19H23NO2S/c1-14(2)19(3)13-23(21,22)17-12-8-7-11-16(17)18(20-19)15-9-5-4-6-10-15/h4-12,14,18,20H,13H2,1-3H3/t18-,19+/m0/s1. The van der Waals surface area contributed by atoms with Gasteiger partial charge in [-0.2, -0.15) is 0 Å². The number of hydrogen-bond donors (Lipinski definition) is 1. The Morgan fingerprint density at radius 1 is 1.04 bits per heavy atom. The molecule has 2 atom stereocenters. The van der Waals surface area contributed by atoms with E-state index in [1.807, 2.05) is 49.4 Å². The summed E-state index contributed by atoms with van der Waals surface area (Å²) in [6.07, 6.45) is 0. The van der Waals surface area contributed by atoms with E-state index in [0.29, 0.717) is 4.90 Å². The van der Waals surface area contributed by atoms with Gasteiger partial charge in [0.2, 0.25) is 0 Å². The summed E-state index contributed by atoms with van der Waals surface area (Å²) in [4.78, 5) is 0.450. The van der Waals surface area contributed by atoms with Gasteiger partial charge in [0.25, 0.3) is 0 Å². The van der Waals surface area contributed by atoms with Crippen LogP contribution in [0.15, 0.2) is 59.5 Å². The highest BCUT2D eigenvalue weighted by atomic mass is 32.2. The summed E-state index contributed by atoms with van der Waals surface area (Å²) in [5, 5.41) is 3.64. The first-order valence-electron chi connectivity index (χ1n) is 7.98. The maximum absolute atomic E-state index is 12.9. The Hall–Kier alpha value is -1.65. The molecule has 122 valence electrons. The molecule has 0 saturated heterocycles. The predicted molar refractivity (Wildman–Crippen MR) is 93.2 cm³/mol. The van der Waals surface area contributed by atoms with E-state index in [1.54, 1.807) is 12.1 Å². The van der Waals surface area contributed by atoms with Crippen molar-refractivity contribution in [1.29, 1.82) is 0 Å². The molecule has 1 heterocycles. The Labute approximate surface area is 138 Å². The lowest BCUT2D eigenvalue weighted by Gasteiger charge is -2.36. The molecule has 0 amide bonds. The van der Waals surface area contributed by atoms with Crippen molar-refractivity contribution < 1.29 is 8.42 Å². The maximum Gasteiger partial charge on any atom is 0.180 e. The van der Waals surface area contributed by atoms with E-state index < -0.39 is 15.4 Å². The van der Waals surface area contributed by atoms with Crippen LogP contribution in [0.1, 0.15) is 37.9 Å². The Bertz CT molecular complexity index is 799. The second-order valence-electron chi connectivity index (χ2n) is 6.86. The molecule has 4 heteroatoms. The average molecular weight is 329 g/mol. The molecule has 0 unspecified atom stereocenters. The van der Waals surface area contributed by atoms with Crippen molar-refractivity contribution in [1.82, 2.24) is 5.32 Å². The second-order valence-corrected chi connectivity index (χ2v) is 8.82. The average Bonchev–Trinajstić information content (AvgIpc) is 2.62. The fourth-order valence-electron chi connectivity index (χ4n) is 3.17. The number of sulfone groups is 1. The molecule has 23 heavy (non-hydrogen) atoms. The van der Waals surface area contributed by atoms with Crippen molar-refractivity contribution >= 4 is 9.84 Å². The van der Waals surface area contributed by atoms with Gasteiger partial charge in [-0.3, -0.25) is 5.32 Å². The minimum Gasteiger partial charge on any atom is -0.300 e. The van der Waals surface area contributed by atoms with E-state index in [2.05, 4.69) is 19.2 Å². The van der Waals surface area contributed by atoms with Crippen molar-refractivity contribution in [3.05, 3.63) is 65.7 Å². The molecule has 0 saturated carbocycles. The number of rotatable bonds is 2. The lowest BCUT2D eigenvalue weighted by molar-refractivity contribution is 0.274. The van der Waals surface area contributed by atoms with Crippen molar-refractivity contribution in [2.75, 3.05) is 5.75 Å². The zero-order chi connectivity index (χ0) is 16.7. The second kappa shape index (κ2) is 5.77. The summed E-state index contributed by atoms with van der Waals surface area (Å²) in [6.45, 7) is 6.15. The van der Waals surface area contributed by atoms with Gasteiger partial charge >= 0.3 is 0 Å². The van der Waals surface area contributed by atoms with Gasteiger partial charge in [-0.05, 0) is 30.0 Å². The van der Waals surface area contributed by atoms with Crippen LogP contribution in [0.4, 0.5) is 0 Å². The van der Waals surface area contributed by atoms with E-state index in [-0.39, 0.29) is 17.7 Å². The van der Waals surface area contributed by atoms with Crippen LogP contribution in [0.2, 0.25) is 0 Å². The molecule has 2 aromatic rings. The third kappa shape index (κ3) is 2.93. The number of fused-ring (bicyclic) bond motifs is 1. The Kier molecular flexibility index (Phi) is 4.07. The maximum atomic E-state index is 12.9. The van der Waals surface area contributed by atoms with Gasteiger partial charge in [-0.15, -0.1) is 0 Å². The molecule has 1 N–H and O–H groups in total. The van der Waals surface area contributed by atoms with E-state index in [4.69, 9.17) is 0 Å². The first-order valence-corrected chi connectivity index (χ1v) is 9.63. The third-order valence-corrected chi connectivity index (χ3v) is 6.96. The van der Waals surface area contributed by atoms with Gasteiger partial charge in [-0.25, -0.2) is 8.42 Å². The van der Waals surface area contributed by atoms with E-state index in [0.717, 1.165) is 11.1 Å². The first-order chi connectivity index (χ1) is 10.8. The SMILES string of the molecule is CC(C)[C@@]1(C)CS(=O)(=O)c2ccccc2[C@H](c2ccccc2)N1. The monoisotopic (exact) mass is 329 g/mol. The van der Waals surface area contributed by atoms with Crippen LogP contribution in [0.5, 0.6) is 0 Å². The first kappa shape index (κ1) is 16.2. The van der Waals surface area contributed by atoms with Gasteiger partial charge in [0.1, 0.15) is 0 Å². The number of hydrogen-bond acceptors (Lipinski definition) is 3. The molecule has 0 bridgehead atoms. The molecular weight excluding hydrogens is 306 g/mol. The Balaban J connectivity index is 2.24. The smallest absolute Gasteiger partial charge is 0.180 e. The van der Waals surface area contributed by atoms with Gasteiger partial charge in [0.15, 0.2) is 9.84 Å². The van der Waals surface area contributed by atoms with Crippen LogP contribution in [0.25, 0.3) is 0 Å². The van der Waals surface area contributed by atoms with Crippen LogP contribution in [-0.2, 0) is 9.84 Å². The van der Waals surface area contributed by atoms with Gasteiger partial charge < -0.3 is 0 Å². The van der Waals surface area contributed by atoms with E-state index >= 15 is 0 Å². The summed E-state index contributed by atoms with van der Waals surface area (Å²) in [5.74, 6) is 0.302. The molecule has 2 aromatic carbocycles. The molecule has 3 rings (SSSR count). The molecule has 0 radical (unpaired) electrons. The molecule has 0 aromatic heterocycles. The van der Waals surface area contributed by atoms with Crippen LogP contribution in [-0.4, -0.2) is 19.7 Å². The van der Waals surface area contributed by atoms with Crippen LogP contribution in [0.3, 0.4) is 0 Å². The fourth-order valence-corrected chi connectivity index (χ4v) is 5.36. The lowest BCUT2D eigenvalue weighted by atomic mass is 9.87. The molecule has 1 aliphatic heterocycles. The van der Waals surface area contributed by atoms with Crippen LogP contribution >= 0.6 is 0 Å². The lowest BCUT2D eigenvalue weighted by Crippen LogP contribution is -2.51. The normalized spacial score (nSPS) is 26.5. The predicted octanol–water partition coefficient (Wildman–Crippen LogP) is 3.57. The van der Waals surface area contributed by atoms with Gasteiger partial charge in [0, 0.05) is 5.54 Å². The van der Waals surface area contributed by atoms with Crippen molar-refractivity contribution in [3.63, 3.8) is 0 Å². The molecule has 3 nitrogen and oxygen atoms in total. The highest BCUT2D eigenvalue weighted by Gasteiger charge is 2.41. The summed E-state index contributed by atoms with van der Waals surface area (Å²) >= 11 is 0. The summed E-state index contributed by atoms with van der Waals surface area (Å²) < 4.78 is 25.9. The minimum atomic E-state index is -3.33. The summed E-state index contributed by atoms with van der Waals surface area (Å²) in [6, 6.07) is 17.3. The van der Waals surface area contributed by atoms with Crippen molar-refractivity contribution in [2.24, 2.45) is 5.92 Å². The molecular formula is C19H23NO2S. The number of benzene rings is 2. The largest absolute Gasteiger partial charge is 0.300 e. The minimum absolute atomic E-state index is 0.109.